The van der Waals surface area contributed by atoms with Crippen molar-refractivity contribution < 1.29 is 14.1 Å². The highest BCUT2D eigenvalue weighted by Crippen LogP contribution is 2.13. The highest BCUT2D eigenvalue weighted by molar-refractivity contribution is 5.88. The molecule has 1 aromatic rings. The SMILES string of the molecule is [2H]C([2H])C(=O)N([2H])c1ccc(O)cc1. The van der Waals surface area contributed by atoms with E-state index in [1.165, 1.54) is 24.3 Å². The molecule has 0 aliphatic heterocycles. The average Bonchev–Trinajstić information content (AvgIpc) is 2.16. The smallest absolute Gasteiger partial charge is 0.221 e. The van der Waals surface area contributed by atoms with Crippen LogP contribution in [-0.4, -0.2) is 11.0 Å². The molecule has 3 nitrogen and oxygen atoms in total. The minimum absolute atomic E-state index is 0.0305. The number of carbonyl (C=O) groups is 1. The Kier molecular flexibility index (Phi) is 1.22. The minimum atomic E-state index is -1.71. The van der Waals surface area contributed by atoms with E-state index in [4.69, 9.17) is 9.26 Å². The summed E-state index contributed by atoms with van der Waals surface area (Å²) < 4.78 is 20.9. The number of hydrogen-bond donors (Lipinski definition) is 2. The van der Waals surface area contributed by atoms with Gasteiger partial charge in [0.2, 0.25) is 5.91 Å². The maximum Gasteiger partial charge on any atom is 0.221 e. The van der Waals surface area contributed by atoms with Crippen molar-refractivity contribution in [3.8, 4) is 5.75 Å². The molecule has 0 saturated carbocycles. The van der Waals surface area contributed by atoms with Crippen molar-refractivity contribution in [3.63, 3.8) is 0 Å². The molecule has 1 rings (SSSR count). The normalized spacial score (nSPS) is 13.4. The summed E-state index contributed by atoms with van der Waals surface area (Å²) in [5.41, 5.74) is 0.220. The lowest BCUT2D eigenvalue weighted by Crippen LogP contribution is -2.04. The molecule has 58 valence electrons. The Balaban J connectivity index is 2.84. The number of carbonyl (C=O) groups excluding carboxylic acids is 1. The fourth-order valence-corrected chi connectivity index (χ4v) is 0.654. The van der Waals surface area contributed by atoms with Crippen molar-refractivity contribution in [2.75, 3.05) is 5.31 Å². The topological polar surface area (TPSA) is 49.3 Å². The zero-order chi connectivity index (χ0) is 10.7. The molecule has 0 fully saturated rings. The van der Waals surface area contributed by atoms with Gasteiger partial charge in [-0.2, -0.15) is 0 Å². The molecule has 1 aromatic carbocycles. The van der Waals surface area contributed by atoms with Crippen LogP contribution in [0.2, 0.25) is 1.41 Å². The molecule has 3 heteroatoms. The third-order valence-corrected chi connectivity index (χ3v) is 1.09. The Hall–Kier alpha value is -1.51. The van der Waals surface area contributed by atoms with E-state index in [9.17, 15) is 4.79 Å². The Morgan fingerprint density at radius 2 is 2.27 bits per heavy atom. The monoisotopic (exact) mass is 154 g/mol. The number of nitrogens with one attached hydrogen (secondary N) is 1. The Morgan fingerprint density at radius 3 is 2.82 bits per heavy atom. The number of aromatic hydroxyl groups is 1. The van der Waals surface area contributed by atoms with E-state index >= 15 is 0 Å². The lowest BCUT2D eigenvalue weighted by molar-refractivity contribution is -0.114. The predicted octanol–water partition coefficient (Wildman–Crippen LogP) is 1.35. The molecule has 0 aromatic heterocycles. The maximum atomic E-state index is 11.0. The largest absolute Gasteiger partial charge is 0.508 e. The van der Waals surface area contributed by atoms with Crippen molar-refractivity contribution in [1.29, 1.82) is 0 Å². The summed E-state index contributed by atoms with van der Waals surface area (Å²) in [7, 11) is 0. The standard InChI is InChI=1S/C8H9NO2/c1-6(10)9-7-2-4-8(11)5-3-7/h2-5,11H,1H3,(H,9,10)/i1D2/hD. The van der Waals surface area contributed by atoms with E-state index in [-0.39, 0.29) is 11.4 Å². The minimum Gasteiger partial charge on any atom is -0.508 e. The van der Waals surface area contributed by atoms with Crippen molar-refractivity contribution in [2.45, 2.75) is 6.88 Å². The maximum absolute atomic E-state index is 11.0. The number of rotatable bonds is 1. The van der Waals surface area contributed by atoms with Gasteiger partial charge in [0.25, 0.3) is 0 Å². The van der Waals surface area contributed by atoms with E-state index < -0.39 is 12.8 Å². The summed E-state index contributed by atoms with van der Waals surface area (Å²) in [6.07, 6.45) is 0. The fourth-order valence-electron chi connectivity index (χ4n) is 0.654. The molecule has 0 spiro atoms. The summed E-state index contributed by atoms with van der Waals surface area (Å²) >= 11 is 0. The van der Waals surface area contributed by atoms with Gasteiger partial charge in [-0.15, -0.1) is 0 Å². The van der Waals surface area contributed by atoms with Crippen LogP contribution in [0.5, 0.6) is 5.75 Å². The summed E-state index contributed by atoms with van der Waals surface area (Å²) in [6.45, 7) is -1.71. The van der Waals surface area contributed by atoms with Crippen LogP contribution >= 0.6 is 0 Å². The molecule has 11 heavy (non-hydrogen) atoms. The molecule has 1 amide bonds. The van der Waals surface area contributed by atoms with Gasteiger partial charge in [-0.1, -0.05) is 0 Å². The lowest BCUT2D eigenvalue weighted by atomic mass is 10.3. The molecule has 0 atom stereocenters. The predicted molar refractivity (Wildman–Crippen MR) is 42.4 cm³/mol. The first-order valence-corrected chi connectivity index (χ1v) is 2.98. The van der Waals surface area contributed by atoms with Gasteiger partial charge >= 0.3 is 0 Å². The van der Waals surface area contributed by atoms with Crippen molar-refractivity contribution in [2.24, 2.45) is 0 Å². The average molecular weight is 154 g/mol. The third-order valence-electron chi connectivity index (χ3n) is 1.09. The van der Waals surface area contributed by atoms with E-state index in [2.05, 4.69) is 0 Å². The molecular weight excluding hydrogens is 142 g/mol. The van der Waals surface area contributed by atoms with Crippen LogP contribution in [0.4, 0.5) is 5.69 Å². The second-order valence-corrected chi connectivity index (χ2v) is 1.97. The highest BCUT2D eigenvalue weighted by atomic mass is 16.3. The van der Waals surface area contributed by atoms with Crippen molar-refractivity contribution >= 4 is 11.6 Å². The molecule has 0 bridgehead atoms. The van der Waals surface area contributed by atoms with E-state index in [0.717, 1.165) is 0 Å². The second-order valence-electron chi connectivity index (χ2n) is 1.97. The molecule has 0 unspecified atom stereocenters. The first-order valence-electron chi connectivity index (χ1n) is 4.59. The molecule has 0 radical (unpaired) electrons. The highest BCUT2D eigenvalue weighted by Gasteiger charge is 1.93. The van der Waals surface area contributed by atoms with E-state index in [1.807, 2.05) is 0 Å². The molecule has 0 aliphatic carbocycles. The third kappa shape index (κ3) is 2.29. The van der Waals surface area contributed by atoms with Gasteiger partial charge in [0.1, 0.15) is 5.75 Å². The van der Waals surface area contributed by atoms with Crippen LogP contribution < -0.4 is 5.31 Å². The fraction of sp³-hybridized carbons (Fsp3) is 0.125. The van der Waals surface area contributed by atoms with Gasteiger partial charge in [0.15, 0.2) is 1.41 Å². The number of phenols is 1. The van der Waals surface area contributed by atoms with Gasteiger partial charge in [-0.25, -0.2) is 0 Å². The first kappa shape index (κ1) is 4.38. The quantitative estimate of drug-likeness (QED) is 0.600. The zero-order valence-electron chi connectivity index (χ0n) is 8.69. The Morgan fingerprint density at radius 1 is 1.64 bits per heavy atom. The number of amides is 1. The van der Waals surface area contributed by atoms with Gasteiger partial charge in [-0.05, 0) is 24.3 Å². The second kappa shape index (κ2) is 3.05. The summed E-state index contributed by atoms with van der Waals surface area (Å²) in [5.74, 6) is -0.904. The number of anilines is 1. The first-order chi connectivity index (χ1) is 6.52. The molecule has 0 aliphatic rings. The van der Waals surface area contributed by atoms with E-state index in [1.54, 1.807) is 0 Å². The van der Waals surface area contributed by atoms with E-state index in [0.29, 0.717) is 5.31 Å². The summed E-state index contributed by atoms with van der Waals surface area (Å²) in [5, 5.41) is 9.41. The number of benzene rings is 1. The van der Waals surface area contributed by atoms with Crippen molar-refractivity contribution in [3.05, 3.63) is 24.3 Å². The van der Waals surface area contributed by atoms with Crippen LogP contribution in [0.25, 0.3) is 0 Å². The Bertz CT molecular complexity index is 326. The van der Waals surface area contributed by atoms with Crippen LogP contribution in [0.3, 0.4) is 0 Å². The molecule has 0 saturated heterocycles. The molecular formula is C8H9NO2. The molecule has 0 heterocycles. The Labute approximate surface area is 68.9 Å². The summed E-state index contributed by atoms with van der Waals surface area (Å²) in [4.78, 5) is 11.0. The van der Waals surface area contributed by atoms with Crippen molar-refractivity contribution in [1.82, 2.24) is 0 Å². The lowest BCUT2D eigenvalue weighted by Gasteiger charge is -1.99. The molecule has 2 N–H and O–H groups in total. The van der Waals surface area contributed by atoms with Gasteiger partial charge < -0.3 is 10.4 Å². The van der Waals surface area contributed by atoms with Crippen LogP contribution in [0.1, 0.15) is 9.62 Å². The summed E-state index contributed by atoms with van der Waals surface area (Å²) in [6, 6.07) is 5.38. The number of phenolic OH excluding ortho intramolecular Hbond substituents is 1. The zero-order valence-corrected chi connectivity index (χ0v) is 5.69. The number of hydrogen-bond acceptors (Lipinski definition) is 2. The van der Waals surface area contributed by atoms with Gasteiger partial charge in [-0.3, -0.25) is 4.79 Å². The van der Waals surface area contributed by atoms with Crippen LogP contribution in [-0.2, 0) is 4.79 Å². The van der Waals surface area contributed by atoms with Crippen LogP contribution in [0.15, 0.2) is 24.3 Å². The van der Waals surface area contributed by atoms with Gasteiger partial charge in [0.05, 0.1) is 0 Å². The van der Waals surface area contributed by atoms with Crippen LogP contribution in [0, 0.1) is 0 Å². The van der Waals surface area contributed by atoms with Gasteiger partial charge in [0, 0.05) is 15.3 Å².